The zero-order valence-electron chi connectivity index (χ0n) is 13.2. The minimum atomic E-state index is -0.796. The Morgan fingerprint density at radius 2 is 1.71 bits per heavy atom. The average molecular weight is 300 g/mol. The molecule has 0 fully saturated rings. The highest BCUT2D eigenvalue weighted by Crippen LogP contribution is 2.06. The van der Waals surface area contributed by atoms with Crippen molar-refractivity contribution in [2.75, 3.05) is 6.61 Å². The number of hydrogen-bond donors (Lipinski definition) is 2. The summed E-state index contributed by atoms with van der Waals surface area (Å²) in [6.45, 7) is 3.83. The molecule has 0 heterocycles. The molecule has 0 aromatic rings. The Hall–Kier alpha value is -1.59. The lowest BCUT2D eigenvalue weighted by atomic mass is 10.1. The van der Waals surface area contributed by atoms with Gasteiger partial charge in [0.1, 0.15) is 6.04 Å². The van der Waals surface area contributed by atoms with Crippen molar-refractivity contribution in [2.24, 2.45) is 5.73 Å². The summed E-state index contributed by atoms with van der Waals surface area (Å²) in [4.78, 5) is 33.6. The van der Waals surface area contributed by atoms with Gasteiger partial charge in [-0.1, -0.05) is 39.0 Å². The van der Waals surface area contributed by atoms with Crippen molar-refractivity contribution in [2.45, 2.75) is 71.3 Å². The van der Waals surface area contributed by atoms with Gasteiger partial charge in [0, 0.05) is 13.3 Å². The van der Waals surface area contributed by atoms with E-state index >= 15 is 0 Å². The van der Waals surface area contributed by atoms with Gasteiger partial charge in [-0.2, -0.15) is 0 Å². The number of carbonyl (C=O) groups is 3. The van der Waals surface area contributed by atoms with Crippen LogP contribution in [0.5, 0.6) is 0 Å². The van der Waals surface area contributed by atoms with Gasteiger partial charge in [-0.05, 0) is 12.8 Å². The maximum atomic E-state index is 11.8. The van der Waals surface area contributed by atoms with E-state index in [0.717, 1.165) is 19.3 Å². The molecule has 6 heteroatoms. The van der Waals surface area contributed by atoms with Crippen LogP contribution in [0.2, 0.25) is 0 Å². The third-order valence-electron chi connectivity index (χ3n) is 3.08. The molecule has 0 spiro atoms. The second-order valence-electron chi connectivity index (χ2n) is 5.19. The third-order valence-corrected chi connectivity index (χ3v) is 3.08. The van der Waals surface area contributed by atoms with E-state index in [1.165, 1.54) is 26.2 Å². The first-order valence-corrected chi connectivity index (χ1v) is 7.69. The van der Waals surface area contributed by atoms with Crippen LogP contribution in [0.1, 0.15) is 65.2 Å². The number of rotatable bonds is 12. The van der Waals surface area contributed by atoms with Crippen LogP contribution in [-0.2, 0) is 19.1 Å². The summed E-state index contributed by atoms with van der Waals surface area (Å²) >= 11 is 0. The SMILES string of the molecule is CCCCCCCCOC(=O)[C@H](CCC(N)=O)NC(C)=O. The number of esters is 1. The number of unbranched alkanes of at least 4 members (excludes halogenated alkanes) is 5. The van der Waals surface area contributed by atoms with E-state index in [2.05, 4.69) is 12.2 Å². The van der Waals surface area contributed by atoms with Crippen LogP contribution in [-0.4, -0.2) is 30.4 Å². The minimum absolute atomic E-state index is 0.0388. The van der Waals surface area contributed by atoms with E-state index in [1.807, 2.05) is 0 Å². The second kappa shape index (κ2) is 12.2. The van der Waals surface area contributed by atoms with Crippen LogP contribution in [0.25, 0.3) is 0 Å². The highest BCUT2D eigenvalue weighted by atomic mass is 16.5. The van der Waals surface area contributed by atoms with Crippen LogP contribution < -0.4 is 11.1 Å². The Bertz CT molecular complexity index is 332. The second-order valence-corrected chi connectivity index (χ2v) is 5.19. The standard InChI is InChI=1S/C15H28N2O4/c1-3-4-5-6-7-8-11-21-15(20)13(17-12(2)18)9-10-14(16)19/h13H,3-11H2,1-2H3,(H2,16,19)(H,17,18)/t13-/m0/s1. The quantitative estimate of drug-likeness (QED) is 0.423. The van der Waals surface area contributed by atoms with Crippen molar-refractivity contribution in [1.29, 1.82) is 0 Å². The topological polar surface area (TPSA) is 98.5 Å². The van der Waals surface area contributed by atoms with Gasteiger partial charge in [-0.25, -0.2) is 4.79 Å². The van der Waals surface area contributed by atoms with E-state index in [-0.39, 0.29) is 18.7 Å². The molecule has 0 saturated carbocycles. The van der Waals surface area contributed by atoms with Gasteiger partial charge in [0.25, 0.3) is 0 Å². The van der Waals surface area contributed by atoms with Gasteiger partial charge in [0.05, 0.1) is 6.61 Å². The maximum absolute atomic E-state index is 11.8. The van der Waals surface area contributed by atoms with Gasteiger partial charge < -0.3 is 15.8 Å². The molecule has 0 aliphatic carbocycles. The van der Waals surface area contributed by atoms with Gasteiger partial charge in [-0.3, -0.25) is 9.59 Å². The number of nitrogens with two attached hydrogens (primary N) is 1. The molecule has 122 valence electrons. The first-order valence-electron chi connectivity index (χ1n) is 7.69. The van der Waals surface area contributed by atoms with Crippen LogP contribution in [0.15, 0.2) is 0 Å². The molecule has 21 heavy (non-hydrogen) atoms. The fourth-order valence-electron chi connectivity index (χ4n) is 1.94. The summed E-state index contributed by atoms with van der Waals surface area (Å²) in [7, 11) is 0. The van der Waals surface area contributed by atoms with E-state index < -0.39 is 17.9 Å². The normalized spacial score (nSPS) is 11.7. The Balaban J connectivity index is 3.93. The van der Waals surface area contributed by atoms with Crippen molar-refractivity contribution in [3.8, 4) is 0 Å². The Labute approximate surface area is 126 Å². The average Bonchev–Trinajstić information content (AvgIpc) is 2.41. The predicted octanol–water partition coefficient (Wildman–Crippen LogP) is 1.66. The molecule has 0 aromatic carbocycles. The van der Waals surface area contributed by atoms with Gasteiger partial charge in [0.15, 0.2) is 0 Å². The van der Waals surface area contributed by atoms with E-state index in [1.54, 1.807) is 0 Å². The van der Waals surface area contributed by atoms with Crippen LogP contribution in [0.4, 0.5) is 0 Å². The number of ether oxygens (including phenoxy) is 1. The molecule has 0 aliphatic rings. The molecule has 0 rings (SSSR count). The van der Waals surface area contributed by atoms with Gasteiger partial charge in [-0.15, -0.1) is 0 Å². The third kappa shape index (κ3) is 11.9. The lowest BCUT2D eigenvalue weighted by molar-refractivity contribution is -0.148. The van der Waals surface area contributed by atoms with Crippen molar-refractivity contribution < 1.29 is 19.1 Å². The molecule has 0 aromatic heterocycles. The summed E-state index contributed by atoms with van der Waals surface area (Å²) in [6, 6.07) is -0.796. The Kier molecular flexibility index (Phi) is 11.3. The summed E-state index contributed by atoms with van der Waals surface area (Å²) in [6.07, 6.45) is 6.84. The van der Waals surface area contributed by atoms with Crippen LogP contribution in [0, 0.1) is 0 Å². The molecular formula is C15H28N2O4. The lowest BCUT2D eigenvalue weighted by Crippen LogP contribution is -2.41. The van der Waals surface area contributed by atoms with Crippen molar-refractivity contribution in [1.82, 2.24) is 5.32 Å². The zero-order valence-corrected chi connectivity index (χ0v) is 13.2. The summed E-state index contributed by atoms with van der Waals surface area (Å²) in [5.41, 5.74) is 5.05. The molecule has 0 radical (unpaired) electrons. The van der Waals surface area contributed by atoms with Crippen molar-refractivity contribution in [3.05, 3.63) is 0 Å². The highest BCUT2D eigenvalue weighted by Gasteiger charge is 2.21. The molecule has 0 aliphatic heterocycles. The fraction of sp³-hybridized carbons (Fsp3) is 0.800. The maximum Gasteiger partial charge on any atom is 0.328 e. The molecule has 2 amide bonds. The fourth-order valence-corrected chi connectivity index (χ4v) is 1.94. The van der Waals surface area contributed by atoms with E-state index in [9.17, 15) is 14.4 Å². The number of primary amides is 1. The first kappa shape index (κ1) is 19.4. The smallest absolute Gasteiger partial charge is 0.328 e. The summed E-state index contributed by atoms with van der Waals surface area (Å²) in [5.74, 6) is -1.34. The van der Waals surface area contributed by atoms with Gasteiger partial charge in [0.2, 0.25) is 11.8 Å². The first-order chi connectivity index (χ1) is 9.97. The summed E-state index contributed by atoms with van der Waals surface area (Å²) < 4.78 is 5.14. The zero-order chi connectivity index (χ0) is 16.1. The van der Waals surface area contributed by atoms with E-state index in [0.29, 0.717) is 6.61 Å². The molecule has 1 atom stereocenters. The van der Waals surface area contributed by atoms with Gasteiger partial charge >= 0.3 is 5.97 Å². The number of carbonyl (C=O) groups excluding carboxylic acids is 3. The van der Waals surface area contributed by atoms with Crippen LogP contribution in [0.3, 0.4) is 0 Å². The number of amides is 2. The lowest BCUT2D eigenvalue weighted by Gasteiger charge is -2.16. The largest absolute Gasteiger partial charge is 0.464 e. The Morgan fingerprint density at radius 1 is 1.10 bits per heavy atom. The molecule has 6 nitrogen and oxygen atoms in total. The monoisotopic (exact) mass is 300 g/mol. The Morgan fingerprint density at radius 3 is 2.29 bits per heavy atom. The molecule has 0 saturated heterocycles. The minimum Gasteiger partial charge on any atom is -0.464 e. The molecule has 0 unspecified atom stereocenters. The van der Waals surface area contributed by atoms with Crippen molar-refractivity contribution >= 4 is 17.8 Å². The number of nitrogens with one attached hydrogen (secondary N) is 1. The molecule has 0 bridgehead atoms. The number of hydrogen-bond acceptors (Lipinski definition) is 4. The molecule has 3 N–H and O–H groups in total. The molecular weight excluding hydrogens is 272 g/mol. The van der Waals surface area contributed by atoms with Crippen molar-refractivity contribution in [3.63, 3.8) is 0 Å². The van der Waals surface area contributed by atoms with E-state index in [4.69, 9.17) is 10.5 Å². The summed E-state index contributed by atoms with van der Waals surface area (Å²) in [5, 5.41) is 2.48. The highest BCUT2D eigenvalue weighted by molar-refractivity contribution is 5.84. The van der Waals surface area contributed by atoms with Crippen LogP contribution >= 0.6 is 0 Å². The predicted molar refractivity (Wildman–Crippen MR) is 80.4 cm³/mol.